The van der Waals surface area contributed by atoms with Gasteiger partial charge >= 0.3 is 0 Å². The van der Waals surface area contributed by atoms with Crippen LogP contribution in [0.1, 0.15) is 37.5 Å². The minimum Gasteiger partial charge on any atom is -0.440 e. The van der Waals surface area contributed by atoms with E-state index in [4.69, 9.17) is 10.2 Å². The van der Waals surface area contributed by atoms with Crippen molar-refractivity contribution in [2.75, 3.05) is 5.73 Å². The molecule has 1 aromatic heterocycles. The van der Waals surface area contributed by atoms with Gasteiger partial charge in [0.25, 0.3) is 0 Å². The third kappa shape index (κ3) is 1.38. The lowest BCUT2D eigenvalue weighted by atomic mass is 10.0. The lowest BCUT2D eigenvalue weighted by Gasteiger charge is -2.04. The van der Waals surface area contributed by atoms with Gasteiger partial charge < -0.3 is 10.2 Å². The average Bonchev–Trinajstić information content (AvgIpc) is 2.93. The molecule has 2 atom stereocenters. The largest absolute Gasteiger partial charge is 0.440 e. The number of aromatic nitrogens is 1. The Balaban J connectivity index is 1.72. The summed E-state index contributed by atoms with van der Waals surface area (Å²) in [5.74, 6) is 3.22. The number of hydrogen-bond acceptors (Lipinski definition) is 3. The van der Waals surface area contributed by atoms with Gasteiger partial charge in [-0.25, -0.2) is 4.98 Å². The van der Waals surface area contributed by atoms with Crippen molar-refractivity contribution in [3.63, 3.8) is 0 Å². The number of hydrogen-bond donors (Lipinski definition) is 1. The molecule has 2 aliphatic carbocycles. The molecule has 2 fully saturated rings. The maximum Gasteiger partial charge on any atom is 0.199 e. The molecule has 1 aromatic carbocycles. The quantitative estimate of drug-likeness (QED) is 0.762. The summed E-state index contributed by atoms with van der Waals surface area (Å²) in [6.07, 6.45) is 5.47. The fourth-order valence-electron chi connectivity index (χ4n) is 3.46. The van der Waals surface area contributed by atoms with Crippen molar-refractivity contribution < 1.29 is 4.42 Å². The molecule has 17 heavy (non-hydrogen) atoms. The predicted octanol–water partition coefficient (Wildman–Crippen LogP) is 3.31. The highest BCUT2D eigenvalue weighted by Crippen LogP contribution is 2.61. The minimum atomic E-state index is 0.589. The minimum absolute atomic E-state index is 0.589. The maximum atomic E-state index is 5.87. The first kappa shape index (κ1) is 9.51. The average molecular weight is 228 g/mol. The van der Waals surface area contributed by atoms with Crippen LogP contribution in [0, 0.1) is 11.8 Å². The highest BCUT2D eigenvalue weighted by molar-refractivity contribution is 5.76. The van der Waals surface area contributed by atoms with E-state index < -0.39 is 0 Å². The second-order valence-corrected chi connectivity index (χ2v) is 5.42. The van der Waals surface area contributed by atoms with Crippen LogP contribution in [0.25, 0.3) is 11.1 Å². The van der Waals surface area contributed by atoms with Gasteiger partial charge in [0.15, 0.2) is 11.5 Å². The molecule has 4 rings (SSSR count). The Kier molecular flexibility index (Phi) is 1.82. The van der Waals surface area contributed by atoms with Crippen LogP contribution in [0.3, 0.4) is 0 Å². The number of nitrogens with zero attached hydrogens (tertiary/aromatic N) is 1. The molecule has 2 N–H and O–H groups in total. The van der Waals surface area contributed by atoms with Gasteiger partial charge in [-0.3, -0.25) is 0 Å². The second kappa shape index (κ2) is 3.25. The van der Waals surface area contributed by atoms with Crippen molar-refractivity contribution in [3.8, 4) is 0 Å². The van der Waals surface area contributed by atoms with Gasteiger partial charge in [0.05, 0.1) is 0 Å². The van der Waals surface area contributed by atoms with Gasteiger partial charge in [0.1, 0.15) is 5.52 Å². The molecule has 0 saturated heterocycles. The molecule has 3 nitrogen and oxygen atoms in total. The number of nitrogens with two attached hydrogens (primary N) is 1. The van der Waals surface area contributed by atoms with E-state index in [1.807, 2.05) is 18.2 Å². The smallest absolute Gasteiger partial charge is 0.199 e. The molecule has 2 saturated carbocycles. The first-order valence-electron chi connectivity index (χ1n) is 6.49. The molecule has 3 heteroatoms. The third-order valence-electron chi connectivity index (χ3n) is 4.37. The highest BCUT2D eigenvalue weighted by atomic mass is 16.3. The van der Waals surface area contributed by atoms with Gasteiger partial charge in [0.2, 0.25) is 0 Å². The molecule has 1 heterocycles. The fourth-order valence-corrected chi connectivity index (χ4v) is 3.46. The summed E-state index contributed by atoms with van der Waals surface area (Å²) >= 11 is 0. The third-order valence-corrected chi connectivity index (χ3v) is 4.37. The summed E-state index contributed by atoms with van der Waals surface area (Å²) in [6, 6.07) is 5.69. The Morgan fingerprint density at radius 2 is 1.94 bits per heavy atom. The van der Waals surface area contributed by atoms with Crippen molar-refractivity contribution >= 4 is 16.8 Å². The Morgan fingerprint density at radius 3 is 2.71 bits per heavy atom. The van der Waals surface area contributed by atoms with Crippen molar-refractivity contribution in [3.05, 3.63) is 24.1 Å². The highest BCUT2D eigenvalue weighted by Gasteiger charge is 2.54. The van der Waals surface area contributed by atoms with Gasteiger partial charge in [-0.05, 0) is 42.9 Å². The maximum absolute atomic E-state index is 5.87. The number of fused-ring (bicyclic) bond motifs is 2. The molecule has 0 radical (unpaired) electrons. The molecule has 2 aromatic rings. The van der Waals surface area contributed by atoms with E-state index in [9.17, 15) is 0 Å². The van der Waals surface area contributed by atoms with Crippen LogP contribution in [0.4, 0.5) is 5.69 Å². The summed E-state index contributed by atoms with van der Waals surface area (Å²) in [6.45, 7) is 0. The molecule has 2 unspecified atom stereocenters. The summed E-state index contributed by atoms with van der Waals surface area (Å²) in [7, 11) is 0. The topological polar surface area (TPSA) is 52.0 Å². The molecule has 0 spiro atoms. The van der Waals surface area contributed by atoms with Crippen LogP contribution in [-0.4, -0.2) is 4.98 Å². The number of nitrogen functional groups attached to an aromatic ring is 1. The summed E-state index contributed by atoms with van der Waals surface area (Å²) in [5, 5.41) is 0. The number of anilines is 1. The summed E-state index contributed by atoms with van der Waals surface area (Å²) in [5.41, 5.74) is 8.29. The molecule has 88 valence electrons. The van der Waals surface area contributed by atoms with Crippen molar-refractivity contribution in [2.45, 2.75) is 31.6 Å². The van der Waals surface area contributed by atoms with Gasteiger partial charge in [-0.1, -0.05) is 12.8 Å². The fraction of sp³-hybridized carbons (Fsp3) is 0.500. The molecule has 0 aliphatic heterocycles. The lowest BCUT2D eigenvalue weighted by Crippen LogP contribution is -1.91. The van der Waals surface area contributed by atoms with E-state index in [0.29, 0.717) is 5.92 Å². The van der Waals surface area contributed by atoms with E-state index in [-0.39, 0.29) is 0 Å². The van der Waals surface area contributed by atoms with Crippen LogP contribution in [0.5, 0.6) is 0 Å². The van der Waals surface area contributed by atoms with Crippen molar-refractivity contribution in [1.29, 1.82) is 0 Å². The first-order valence-corrected chi connectivity index (χ1v) is 6.49. The van der Waals surface area contributed by atoms with E-state index >= 15 is 0 Å². The Morgan fingerprint density at radius 1 is 1.18 bits per heavy atom. The van der Waals surface area contributed by atoms with E-state index in [0.717, 1.165) is 34.5 Å². The van der Waals surface area contributed by atoms with Crippen molar-refractivity contribution in [2.24, 2.45) is 11.8 Å². The normalized spacial score (nSPS) is 31.4. The van der Waals surface area contributed by atoms with Gasteiger partial charge in [-0.2, -0.15) is 0 Å². The second-order valence-electron chi connectivity index (χ2n) is 5.42. The molecular weight excluding hydrogens is 212 g/mol. The molecule has 2 aliphatic rings. The van der Waals surface area contributed by atoms with Gasteiger partial charge in [-0.15, -0.1) is 0 Å². The lowest BCUT2D eigenvalue weighted by molar-refractivity contribution is 0.480. The van der Waals surface area contributed by atoms with Crippen LogP contribution in [0.15, 0.2) is 22.6 Å². The summed E-state index contributed by atoms with van der Waals surface area (Å²) < 4.78 is 5.87. The van der Waals surface area contributed by atoms with Crippen LogP contribution >= 0.6 is 0 Å². The van der Waals surface area contributed by atoms with E-state index in [1.54, 1.807) is 0 Å². The monoisotopic (exact) mass is 228 g/mol. The summed E-state index contributed by atoms with van der Waals surface area (Å²) in [4.78, 5) is 4.61. The van der Waals surface area contributed by atoms with Crippen molar-refractivity contribution in [1.82, 2.24) is 4.98 Å². The SMILES string of the molecule is Nc1ccc2oc(C3C4CCCCC43)nc2c1. The van der Waals surface area contributed by atoms with Crippen LogP contribution in [0.2, 0.25) is 0 Å². The zero-order valence-electron chi connectivity index (χ0n) is 9.73. The standard InChI is InChI=1S/C14H16N2O/c15-8-5-6-12-11(7-8)16-14(17-12)13-9-3-1-2-4-10(9)13/h5-7,9-10,13H,1-4,15H2. The molecular formula is C14H16N2O. The zero-order chi connectivity index (χ0) is 11.4. The zero-order valence-corrected chi connectivity index (χ0v) is 9.73. The Hall–Kier alpha value is -1.51. The van der Waals surface area contributed by atoms with E-state index in [1.165, 1.54) is 25.7 Å². The Bertz CT molecular complexity index is 563. The number of rotatable bonds is 1. The number of oxazole rings is 1. The molecule has 0 bridgehead atoms. The Labute approximate surface area is 100 Å². The molecule has 0 amide bonds. The first-order chi connectivity index (χ1) is 8.33. The van der Waals surface area contributed by atoms with Crippen LogP contribution in [-0.2, 0) is 0 Å². The van der Waals surface area contributed by atoms with E-state index in [2.05, 4.69) is 4.98 Å². The van der Waals surface area contributed by atoms with Crippen LogP contribution < -0.4 is 5.73 Å². The predicted molar refractivity (Wildman–Crippen MR) is 66.6 cm³/mol. The number of benzene rings is 1. The van der Waals surface area contributed by atoms with Gasteiger partial charge in [0, 0.05) is 11.6 Å².